The summed E-state index contributed by atoms with van der Waals surface area (Å²) in [6.07, 6.45) is -1.29. The van der Waals surface area contributed by atoms with E-state index in [-0.39, 0.29) is 34.0 Å². The van der Waals surface area contributed by atoms with Gasteiger partial charge in [-0.2, -0.15) is 0 Å². The highest BCUT2D eigenvalue weighted by Gasteiger charge is 2.61. The van der Waals surface area contributed by atoms with E-state index in [1.54, 1.807) is 30.3 Å². The Labute approximate surface area is 215 Å². The molecular weight excluding hydrogens is 498 g/mol. The number of anilines is 2. The van der Waals surface area contributed by atoms with Crippen molar-refractivity contribution in [3.8, 4) is 11.5 Å². The van der Waals surface area contributed by atoms with E-state index in [0.717, 1.165) is 4.90 Å². The van der Waals surface area contributed by atoms with Crippen LogP contribution < -0.4 is 24.5 Å². The number of aromatic carboxylic acids is 1. The van der Waals surface area contributed by atoms with Crippen molar-refractivity contribution in [2.75, 3.05) is 24.2 Å². The number of amides is 2. The lowest BCUT2D eigenvalue weighted by Gasteiger charge is -2.29. The molecule has 2 aliphatic rings. The number of fused-ring (bicyclic) bond motifs is 1. The van der Waals surface area contributed by atoms with Crippen molar-refractivity contribution in [3.05, 3.63) is 88.0 Å². The third kappa shape index (κ3) is 3.87. The smallest absolute Gasteiger partial charge is 0.278 e. The van der Waals surface area contributed by atoms with E-state index in [0.29, 0.717) is 5.69 Å². The first-order valence-electron chi connectivity index (χ1n) is 11.4. The maximum atomic E-state index is 13.8. The lowest BCUT2D eigenvalue weighted by atomic mass is 9.89. The fourth-order valence-corrected chi connectivity index (χ4v) is 4.81. The number of imide groups is 1. The van der Waals surface area contributed by atoms with Crippen LogP contribution in [0.25, 0.3) is 0 Å². The van der Waals surface area contributed by atoms with Crippen LogP contribution in [-0.4, -0.2) is 43.0 Å². The van der Waals surface area contributed by atoms with Gasteiger partial charge in [0.15, 0.2) is 17.6 Å². The molecule has 0 N–H and O–H groups in total. The van der Waals surface area contributed by atoms with Crippen molar-refractivity contribution >= 4 is 34.8 Å². The molecule has 2 aliphatic heterocycles. The summed E-state index contributed by atoms with van der Waals surface area (Å²) in [5.41, 5.74) is 0.212. The van der Waals surface area contributed by atoms with E-state index in [1.807, 2.05) is 0 Å². The van der Waals surface area contributed by atoms with Crippen LogP contribution in [0, 0.1) is 16.0 Å². The average Bonchev–Trinajstić information content (AvgIpc) is 3.43. The molecule has 0 saturated carbocycles. The average molecular weight is 518 g/mol. The van der Waals surface area contributed by atoms with Crippen LogP contribution >= 0.6 is 0 Å². The van der Waals surface area contributed by atoms with Crippen LogP contribution in [0.3, 0.4) is 0 Å². The Morgan fingerprint density at radius 2 is 1.55 bits per heavy atom. The van der Waals surface area contributed by atoms with Crippen LogP contribution in [0.1, 0.15) is 22.0 Å². The van der Waals surface area contributed by atoms with Crippen molar-refractivity contribution in [3.63, 3.8) is 0 Å². The zero-order valence-electron chi connectivity index (χ0n) is 20.1. The number of benzene rings is 3. The Morgan fingerprint density at radius 1 is 0.921 bits per heavy atom. The number of hydrogen-bond acceptors (Lipinski definition) is 10. The van der Waals surface area contributed by atoms with Crippen LogP contribution in [0.4, 0.5) is 17.1 Å². The Morgan fingerprint density at radius 3 is 2.13 bits per heavy atom. The predicted octanol–water partition coefficient (Wildman–Crippen LogP) is 2.03. The fourth-order valence-electron chi connectivity index (χ4n) is 4.81. The van der Waals surface area contributed by atoms with Gasteiger partial charge in [-0.15, -0.1) is 0 Å². The highest BCUT2D eigenvalue weighted by molar-refractivity contribution is 6.24. The molecule has 2 amide bonds. The lowest BCUT2D eigenvalue weighted by Crippen LogP contribution is -2.37. The highest BCUT2D eigenvalue weighted by Crippen LogP contribution is 2.51. The van der Waals surface area contributed by atoms with Gasteiger partial charge in [0.1, 0.15) is 12.0 Å². The second kappa shape index (κ2) is 9.48. The summed E-state index contributed by atoms with van der Waals surface area (Å²) in [6.45, 7) is 0. The maximum absolute atomic E-state index is 13.8. The van der Waals surface area contributed by atoms with Gasteiger partial charge in [0.05, 0.1) is 48.1 Å². The molecule has 12 nitrogen and oxygen atoms in total. The number of carboxylic acid groups (broad SMARTS) is 1. The van der Waals surface area contributed by atoms with Gasteiger partial charge in [-0.25, -0.2) is 9.96 Å². The minimum absolute atomic E-state index is 0.0827. The second-order valence-corrected chi connectivity index (χ2v) is 8.53. The van der Waals surface area contributed by atoms with Crippen LogP contribution in [-0.2, 0) is 14.4 Å². The summed E-state index contributed by atoms with van der Waals surface area (Å²) in [4.78, 5) is 56.8. The summed E-state index contributed by atoms with van der Waals surface area (Å²) >= 11 is 0. The maximum Gasteiger partial charge on any atom is 0.278 e. The normalized spacial score (nSPS) is 20.4. The van der Waals surface area contributed by atoms with E-state index in [2.05, 4.69) is 0 Å². The number of nitro groups is 1. The molecule has 0 unspecified atom stereocenters. The first kappa shape index (κ1) is 24.7. The first-order valence-corrected chi connectivity index (χ1v) is 11.4. The van der Waals surface area contributed by atoms with Crippen LogP contribution in [0.2, 0.25) is 0 Å². The van der Waals surface area contributed by atoms with Crippen molar-refractivity contribution in [1.29, 1.82) is 0 Å². The van der Waals surface area contributed by atoms with Crippen LogP contribution in [0.5, 0.6) is 11.5 Å². The number of hydrogen-bond donors (Lipinski definition) is 0. The Bertz CT molecular complexity index is 1440. The third-order valence-corrected chi connectivity index (χ3v) is 6.54. The summed E-state index contributed by atoms with van der Waals surface area (Å²) in [5.74, 6) is -3.61. The largest absolute Gasteiger partial charge is 0.545 e. The molecule has 0 bridgehead atoms. The quantitative estimate of drug-likeness (QED) is 0.258. The van der Waals surface area contributed by atoms with Gasteiger partial charge < -0.3 is 19.4 Å². The lowest BCUT2D eigenvalue weighted by molar-refractivity contribution is -0.385. The fraction of sp³-hybridized carbons (Fsp3) is 0.192. The van der Waals surface area contributed by atoms with E-state index in [9.17, 15) is 29.6 Å². The van der Waals surface area contributed by atoms with Crippen molar-refractivity contribution in [2.45, 2.75) is 12.1 Å². The summed E-state index contributed by atoms with van der Waals surface area (Å²) in [7, 11) is 2.72. The van der Waals surface area contributed by atoms with Gasteiger partial charge in [-0.1, -0.05) is 30.3 Å². The van der Waals surface area contributed by atoms with Gasteiger partial charge >= 0.3 is 0 Å². The van der Waals surface area contributed by atoms with E-state index >= 15 is 0 Å². The number of hydroxylamine groups is 1. The number of nitro benzene ring substituents is 1. The van der Waals surface area contributed by atoms with Gasteiger partial charge in [-0.3, -0.25) is 24.5 Å². The number of para-hydroxylation sites is 1. The zero-order chi connectivity index (χ0) is 27.1. The number of ether oxygens (including phenoxy) is 2. The van der Waals surface area contributed by atoms with Gasteiger partial charge in [0.25, 0.3) is 11.6 Å². The van der Waals surface area contributed by atoms with Crippen molar-refractivity contribution in [2.24, 2.45) is 5.92 Å². The molecule has 2 fully saturated rings. The van der Waals surface area contributed by atoms with Gasteiger partial charge in [0.2, 0.25) is 5.91 Å². The monoisotopic (exact) mass is 518 g/mol. The van der Waals surface area contributed by atoms with E-state index in [4.69, 9.17) is 14.3 Å². The third-order valence-electron chi connectivity index (χ3n) is 6.54. The highest BCUT2D eigenvalue weighted by atomic mass is 16.7. The molecule has 3 aromatic carbocycles. The van der Waals surface area contributed by atoms with E-state index < -0.39 is 40.8 Å². The van der Waals surface area contributed by atoms with Gasteiger partial charge in [0, 0.05) is 0 Å². The predicted molar refractivity (Wildman–Crippen MR) is 129 cm³/mol. The Kier molecular flexibility index (Phi) is 6.17. The summed E-state index contributed by atoms with van der Waals surface area (Å²) in [6, 6.07) is 15.1. The molecule has 3 aromatic rings. The first-order chi connectivity index (χ1) is 18.3. The summed E-state index contributed by atoms with van der Waals surface area (Å²) in [5, 5.41) is 24.6. The summed E-state index contributed by atoms with van der Waals surface area (Å²) < 4.78 is 10.6. The molecule has 2 heterocycles. The SMILES string of the molecule is COc1cc([C@H]2[C@@H]3C(=O)N(c4ccc(C(=O)[O-])cc4)C(=O)[C@H]3ON2c2ccccc2)c([N+](=O)[O-])cc1OC. The standard InChI is InChI=1S/C26H21N3O9/c1-36-19-12-17(18(29(34)35)13-20(19)37-2)22-21-23(38-28(22)16-6-4-3-5-7-16)25(31)27(24(21)30)15-10-8-14(9-11-15)26(32)33/h3-13,21-23H,1-2H3,(H,32,33)/p-1/t21-,22-,23-/m0/s1. The Hall–Kier alpha value is -4.97. The Balaban J connectivity index is 1.65. The molecule has 38 heavy (non-hydrogen) atoms. The molecule has 0 aromatic heterocycles. The molecule has 194 valence electrons. The molecule has 0 radical (unpaired) electrons. The van der Waals surface area contributed by atoms with E-state index in [1.165, 1.54) is 55.7 Å². The number of carbonyl (C=O) groups excluding carboxylic acids is 3. The second-order valence-electron chi connectivity index (χ2n) is 8.53. The number of methoxy groups -OCH3 is 2. The molecule has 12 heteroatoms. The van der Waals surface area contributed by atoms with Gasteiger partial charge in [-0.05, 0) is 35.9 Å². The number of carbonyl (C=O) groups is 3. The number of nitrogens with zero attached hydrogens (tertiary/aromatic N) is 3. The zero-order valence-corrected chi connectivity index (χ0v) is 20.1. The topological polar surface area (TPSA) is 152 Å². The molecule has 5 rings (SSSR count). The molecule has 3 atom stereocenters. The minimum atomic E-state index is -1.41. The molecular formula is C26H20N3O9-. The van der Waals surface area contributed by atoms with Crippen molar-refractivity contribution < 1.29 is 38.7 Å². The molecule has 0 spiro atoms. The molecule has 0 aliphatic carbocycles. The molecule has 2 saturated heterocycles. The number of carboxylic acids is 1. The minimum Gasteiger partial charge on any atom is -0.545 e. The van der Waals surface area contributed by atoms with Crippen molar-refractivity contribution in [1.82, 2.24) is 0 Å². The van der Waals surface area contributed by atoms with Crippen LogP contribution in [0.15, 0.2) is 66.7 Å². The number of rotatable bonds is 7.